The number of nitrogens with zero attached hydrogens (tertiary/aromatic N) is 2. The van der Waals surface area contributed by atoms with Crippen molar-refractivity contribution in [2.24, 2.45) is 0 Å². The summed E-state index contributed by atoms with van der Waals surface area (Å²) < 4.78 is 16.4. The molecule has 0 saturated carbocycles. The van der Waals surface area contributed by atoms with Crippen LogP contribution in [0.1, 0.15) is 24.8 Å². The zero-order valence-electron chi connectivity index (χ0n) is 15.2. The lowest BCUT2D eigenvalue weighted by Gasteiger charge is -2.29. The first-order valence-electron chi connectivity index (χ1n) is 9.14. The minimum Gasteiger partial charge on any atom is -0.493 e. The summed E-state index contributed by atoms with van der Waals surface area (Å²) in [7, 11) is 1.60. The molecule has 1 amide bonds. The third-order valence-electron chi connectivity index (χ3n) is 4.77. The average Bonchev–Trinajstić information content (AvgIpc) is 2.72. The van der Waals surface area contributed by atoms with Gasteiger partial charge in [-0.25, -0.2) is 0 Å². The normalized spacial score (nSPS) is 17.7. The number of carbonyl (C=O) groups excluding carboxylic acids is 1. The van der Waals surface area contributed by atoms with Gasteiger partial charge in [0.1, 0.15) is 4.99 Å². The Balaban J connectivity index is 1.62. The van der Waals surface area contributed by atoms with Crippen molar-refractivity contribution in [1.29, 1.82) is 0 Å². The molecule has 7 heteroatoms. The van der Waals surface area contributed by atoms with Crippen LogP contribution in [-0.4, -0.2) is 73.8 Å². The van der Waals surface area contributed by atoms with Gasteiger partial charge in [-0.2, -0.15) is 0 Å². The lowest BCUT2D eigenvalue weighted by atomic mass is 10.1. The maximum Gasteiger partial charge on any atom is 0.260 e. The molecule has 2 heterocycles. The molecule has 0 aromatic heterocycles. The van der Waals surface area contributed by atoms with E-state index in [2.05, 4.69) is 4.90 Å². The van der Waals surface area contributed by atoms with Crippen molar-refractivity contribution >= 4 is 23.1 Å². The molecule has 0 unspecified atom stereocenters. The predicted molar refractivity (Wildman–Crippen MR) is 103 cm³/mol. The number of ether oxygens (including phenoxy) is 3. The molecule has 6 nitrogen and oxygen atoms in total. The summed E-state index contributed by atoms with van der Waals surface area (Å²) in [5.74, 6) is 1.11. The summed E-state index contributed by atoms with van der Waals surface area (Å²) in [4.78, 5) is 17.1. The number of thiocarbonyl (C=S) groups is 1. The average molecular weight is 378 g/mol. The number of morpholine rings is 1. The van der Waals surface area contributed by atoms with Crippen molar-refractivity contribution in [2.45, 2.75) is 19.3 Å². The van der Waals surface area contributed by atoms with E-state index in [9.17, 15) is 4.79 Å². The molecule has 0 spiro atoms. The van der Waals surface area contributed by atoms with E-state index in [1.54, 1.807) is 12.0 Å². The van der Waals surface area contributed by atoms with Crippen LogP contribution < -0.4 is 9.47 Å². The number of carbonyl (C=O) groups is 1. The Kier molecular flexibility index (Phi) is 6.68. The molecule has 142 valence electrons. The topological polar surface area (TPSA) is 51.2 Å². The van der Waals surface area contributed by atoms with Gasteiger partial charge < -0.3 is 24.0 Å². The predicted octanol–water partition coefficient (Wildman–Crippen LogP) is 2.09. The van der Waals surface area contributed by atoms with Crippen LogP contribution in [-0.2, 0) is 9.53 Å². The maximum atomic E-state index is 12.2. The molecule has 2 aliphatic heterocycles. The third-order valence-corrected chi connectivity index (χ3v) is 5.26. The quantitative estimate of drug-likeness (QED) is 0.732. The van der Waals surface area contributed by atoms with Crippen molar-refractivity contribution in [2.75, 3.05) is 53.1 Å². The molecule has 0 atom stereocenters. The molecule has 1 aromatic carbocycles. The van der Waals surface area contributed by atoms with Crippen molar-refractivity contribution < 1.29 is 19.0 Å². The monoisotopic (exact) mass is 378 g/mol. The van der Waals surface area contributed by atoms with Gasteiger partial charge in [0.2, 0.25) is 0 Å². The Labute approximate surface area is 160 Å². The Hall–Kier alpha value is -1.86. The number of amides is 1. The van der Waals surface area contributed by atoms with Gasteiger partial charge in [-0.15, -0.1) is 0 Å². The molecule has 2 saturated heterocycles. The van der Waals surface area contributed by atoms with E-state index in [4.69, 9.17) is 26.4 Å². The van der Waals surface area contributed by atoms with Crippen molar-refractivity contribution in [3.05, 3.63) is 23.8 Å². The number of benzene rings is 1. The molecule has 26 heavy (non-hydrogen) atoms. The highest BCUT2D eigenvalue weighted by atomic mass is 32.1. The maximum absolute atomic E-state index is 12.2. The second kappa shape index (κ2) is 9.19. The van der Waals surface area contributed by atoms with Gasteiger partial charge >= 0.3 is 0 Å². The van der Waals surface area contributed by atoms with E-state index < -0.39 is 0 Å². The zero-order chi connectivity index (χ0) is 18.4. The molecule has 2 fully saturated rings. The molecular weight excluding hydrogens is 352 g/mol. The molecule has 2 aliphatic rings. The number of rotatable bonds is 5. The Morgan fingerprint density at radius 1 is 1.08 bits per heavy atom. The third kappa shape index (κ3) is 4.65. The summed E-state index contributed by atoms with van der Waals surface area (Å²) >= 11 is 5.64. The Bertz CT molecular complexity index is 640. The first-order chi connectivity index (χ1) is 12.7. The molecule has 0 bridgehead atoms. The van der Waals surface area contributed by atoms with E-state index in [0.29, 0.717) is 37.8 Å². The summed E-state index contributed by atoms with van der Waals surface area (Å²) in [5.41, 5.74) is 0.950. The van der Waals surface area contributed by atoms with E-state index in [1.165, 1.54) is 19.3 Å². The van der Waals surface area contributed by atoms with Gasteiger partial charge in [0.25, 0.3) is 5.91 Å². The molecular formula is C19H26N2O4S. The number of hydrogen-bond acceptors (Lipinski definition) is 5. The first kappa shape index (κ1) is 18.9. The van der Waals surface area contributed by atoms with Gasteiger partial charge in [-0.3, -0.25) is 4.79 Å². The second-order valence-electron chi connectivity index (χ2n) is 6.50. The number of piperidine rings is 1. The van der Waals surface area contributed by atoms with Crippen molar-refractivity contribution in [3.63, 3.8) is 0 Å². The highest BCUT2D eigenvalue weighted by Crippen LogP contribution is 2.29. The Morgan fingerprint density at radius 3 is 2.50 bits per heavy atom. The summed E-state index contributed by atoms with van der Waals surface area (Å²) in [6.07, 6.45) is 3.64. The molecule has 0 aliphatic carbocycles. The fraction of sp³-hybridized carbons (Fsp3) is 0.579. The van der Waals surface area contributed by atoms with Crippen LogP contribution in [0.4, 0.5) is 0 Å². The fourth-order valence-electron chi connectivity index (χ4n) is 3.24. The van der Waals surface area contributed by atoms with E-state index in [-0.39, 0.29) is 12.5 Å². The summed E-state index contributed by atoms with van der Waals surface area (Å²) in [5, 5.41) is 0. The smallest absolute Gasteiger partial charge is 0.260 e. The van der Waals surface area contributed by atoms with E-state index >= 15 is 0 Å². The van der Waals surface area contributed by atoms with Crippen LogP contribution in [0.15, 0.2) is 18.2 Å². The van der Waals surface area contributed by atoms with Gasteiger partial charge in [0.15, 0.2) is 18.1 Å². The highest BCUT2D eigenvalue weighted by molar-refractivity contribution is 7.80. The minimum atomic E-state index is -0.0386. The van der Waals surface area contributed by atoms with Crippen molar-refractivity contribution in [1.82, 2.24) is 9.80 Å². The highest BCUT2D eigenvalue weighted by Gasteiger charge is 2.19. The van der Waals surface area contributed by atoms with Crippen LogP contribution in [0.3, 0.4) is 0 Å². The van der Waals surface area contributed by atoms with Crippen LogP contribution >= 0.6 is 12.2 Å². The summed E-state index contributed by atoms with van der Waals surface area (Å²) in [6.45, 7) is 4.40. The zero-order valence-corrected chi connectivity index (χ0v) is 16.1. The molecule has 1 aromatic rings. The molecule has 0 radical (unpaired) electrons. The first-order valence-corrected chi connectivity index (χ1v) is 9.55. The van der Waals surface area contributed by atoms with Gasteiger partial charge in [-0.05, 0) is 37.5 Å². The fourth-order valence-corrected chi connectivity index (χ4v) is 3.55. The lowest BCUT2D eigenvalue weighted by Crippen LogP contribution is -2.43. The largest absolute Gasteiger partial charge is 0.493 e. The van der Waals surface area contributed by atoms with E-state index in [0.717, 1.165) is 23.6 Å². The Morgan fingerprint density at radius 2 is 1.81 bits per heavy atom. The molecule has 3 rings (SSSR count). The van der Waals surface area contributed by atoms with Gasteiger partial charge in [0.05, 0.1) is 20.3 Å². The van der Waals surface area contributed by atoms with Crippen LogP contribution in [0.2, 0.25) is 0 Å². The van der Waals surface area contributed by atoms with Crippen molar-refractivity contribution in [3.8, 4) is 11.5 Å². The van der Waals surface area contributed by atoms with Crippen LogP contribution in [0, 0.1) is 0 Å². The lowest BCUT2D eigenvalue weighted by molar-refractivity contribution is -0.137. The minimum absolute atomic E-state index is 0.00766. The van der Waals surface area contributed by atoms with E-state index in [1.807, 2.05) is 18.2 Å². The summed E-state index contributed by atoms with van der Waals surface area (Å²) in [6, 6.07) is 5.66. The number of likely N-dealkylation sites (tertiary alicyclic amines) is 1. The van der Waals surface area contributed by atoms with Gasteiger partial charge in [0, 0.05) is 31.7 Å². The van der Waals surface area contributed by atoms with Crippen LogP contribution in [0.25, 0.3) is 0 Å². The standard InChI is InChI=1S/C19H26N2O4S/c1-23-17-13-15(19(26)21-7-3-2-4-8-21)5-6-16(17)25-14-18(22)20-9-11-24-12-10-20/h5-6,13H,2-4,7-12,14H2,1H3. The SMILES string of the molecule is COc1cc(C(=S)N2CCCCC2)ccc1OCC(=O)N1CCOCC1. The number of hydrogen-bond donors (Lipinski definition) is 0. The second-order valence-corrected chi connectivity index (χ2v) is 6.89. The van der Waals surface area contributed by atoms with Gasteiger partial charge in [-0.1, -0.05) is 12.2 Å². The number of methoxy groups -OCH3 is 1. The molecule has 0 N–H and O–H groups in total. The van der Waals surface area contributed by atoms with Crippen LogP contribution in [0.5, 0.6) is 11.5 Å².